The van der Waals surface area contributed by atoms with E-state index >= 15 is 0 Å². The Balaban J connectivity index is 0.00000171. The molecule has 0 unspecified atom stereocenters. The SMILES string of the molecule is C.c1ccc2c(c1)Cc1[c]([Zr][c]3cccc4c3Cc3ccccc3-4)cccc1-2. The zero-order valence-corrected chi connectivity index (χ0v) is 17.5. The summed E-state index contributed by atoms with van der Waals surface area (Å²) in [6.45, 7) is 0. The van der Waals surface area contributed by atoms with Crippen LogP contribution in [0.15, 0.2) is 84.9 Å². The predicted molar refractivity (Wildman–Crippen MR) is 115 cm³/mol. The van der Waals surface area contributed by atoms with Gasteiger partial charge in [-0.25, -0.2) is 0 Å². The monoisotopic (exact) mass is 436 g/mol. The van der Waals surface area contributed by atoms with Crippen LogP contribution in [-0.4, -0.2) is 0 Å². The Hall–Kier alpha value is -2.24. The van der Waals surface area contributed by atoms with Crippen LogP contribution in [0.3, 0.4) is 0 Å². The third-order valence-electron chi connectivity index (χ3n) is 5.97. The van der Waals surface area contributed by atoms with Crippen LogP contribution in [0.5, 0.6) is 0 Å². The predicted octanol–water partition coefficient (Wildman–Crippen LogP) is 5.50. The standard InChI is InChI=1S/2C13H9.CH4.Zr/c2*1-3-7-12-10(5-1)9-11-6-2-4-8-13(11)12;;/h2*1-5,7-8H,9H2;1H4;. The first-order valence-electron chi connectivity index (χ1n) is 9.56. The van der Waals surface area contributed by atoms with Crippen LogP contribution in [0.25, 0.3) is 22.3 Å². The number of rotatable bonds is 2. The molecule has 4 aromatic rings. The van der Waals surface area contributed by atoms with E-state index < -0.39 is 23.2 Å². The van der Waals surface area contributed by atoms with Crippen LogP contribution in [0.1, 0.15) is 29.7 Å². The molecule has 2 aliphatic carbocycles. The quantitative estimate of drug-likeness (QED) is 0.336. The van der Waals surface area contributed by atoms with Crippen LogP contribution in [0.2, 0.25) is 0 Å². The van der Waals surface area contributed by atoms with Crippen LogP contribution in [0, 0.1) is 0 Å². The Morgan fingerprint density at radius 3 is 1.39 bits per heavy atom. The van der Waals surface area contributed by atoms with Crippen molar-refractivity contribution in [1.29, 1.82) is 0 Å². The van der Waals surface area contributed by atoms with Gasteiger partial charge in [0.1, 0.15) is 0 Å². The van der Waals surface area contributed by atoms with E-state index in [1.54, 1.807) is 17.7 Å². The van der Waals surface area contributed by atoms with Gasteiger partial charge in [-0.05, 0) is 0 Å². The zero-order valence-electron chi connectivity index (χ0n) is 15.0. The molecule has 0 atom stereocenters. The average Bonchev–Trinajstić information content (AvgIpc) is 3.28. The summed E-state index contributed by atoms with van der Waals surface area (Å²) >= 11 is -0.849. The molecule has 0 saturated carbocycles. The molecule has 0 radical (unpaired) electrons. The van der Waals surface area contributed by atoms with Gasteiger partial charge >= 0.3 is 172 Å². The Kier molecular flexibility index (Phi) is 4.44. The molecule has 0 fully saturated rings. The number of hydrogen-bond donors (Lipinski definition) is 0. The molecule has 0 saturated heterocycles. The normalized spacial score (nSPS) is 12.4. The molecule has 0 aromatic heterocycles. The third kappa shape index (κ3) is 2.68. The fraction of sp³-hybridized carbons (Fsp3) is 0.111. The molecule has 0 heterocycles. The van der Waals surface area contributed by atoms with Crippen molar-refractivity contribution in [3.63, 3.8) is 0 Å². The van der Waals surface area contributed by atoms with Gasteiger partial charge in [-0.3, -0.25) is 0 Å². The molecule has 0 bridgehead atoms. The first-order chi connectivity index (χ1) is 13.4. The third-order valence-corrected chi connectivity index (χ3v) is 9.60. The first-order valence-corrected chi connectivity index (χ1v) is 12.0. The Morgan fingerprint density at radius 2 is 0.893 bits per heavy atom. The van der Waals surface area contributed by atoms with Crippen molar-refractivity contribution >= 4 is 6.54 Å². The Morgan fingerprint density at radius 1 is 0.464 bits per heavy atom. The van der Waals surface area contributed by atoms with Crippen LogP contribution in [-0.2, 0) is 36.1 Å². The second kappa shape index (κ2) is 6.98. The number of benzene rings is 4. The molecule has 4 aromatic carbocycles. The topological polar surface area (TPSA) is 0 Å². The van der Waals surface area contributed by atoms with Crippen molar-refractivity contribution in [3.05, 3.63) is 107 Å². The van der Waals surface area contributed by atoms with Gasteiger partial charge < -0.3 is 0 Å². The van der Waals surface area contributed by atoms with Crippen molar-refractivity contribution in [1.82, 2.24) is 0 Å². The van der Waals surface area contributed by atoms with Crippen LogP contribution < -0.4 is 6.54 Å². The minimum atomic E-state index is -0.849. The van der Waals surface area contributed by atoms with Gasteiger partial charge in [0.15, 0.2) is 0 Å². The molecule has 0 N–H and O–H groups in total. The van der Waals surface area contributed by atoms with Crippen molar-refractivity contribution < 1.29 is 23.2 Å². The van der Waals surface area contributed by atoms with Crippen molar-refractivity contribution in [2.24, 2.45) is 0 Å². The van der Waals surface area contributed by atoms with Gasteiger partial charge in [0.2, 0.25) is 0 Å². The second-order valence-electron chi connectivity index (χ2n) is 7.46. The van der Waals surface area contributed by atoms with Gasteiger partial charge in [0.05, 0.1) is 0 Å². The van der Waals surface area contributed by atoms with E-state index in [1.165, 1.54) is 33.4 Å². The van der Waals surface area contributed by atoms with E-state index in [2.05, 4.69) is 84.9 Å². The molecule has 28 heavy (non-hydrogen) atoms. The van der Waals surface area contributed by atoms with E-state index in [1.807, 2.05) is 0 Å². The Bertz CT molecular complexity index is 1110. The Labute approximate surface area is 178 Å². The molecule has 2 aliphatic rings. The molecule has 0 nitrogen and oxygen atoms in total. The molecule has 0 amide bonds. The number of hydrogen-bond acceptors (Lipinski definition) is 0. The maximum atomic E-state index is 2.40. The van der Waals surface area contributed by atoms with Gasteiger partial charge in [0, 0.05) is 0 Å². The summed E-state index contributed by atoms with van der Waals surface area (Å²) < 4.78 is 3.30. The zero-order chi connectivity index (χ0) is 17.8. The van der Waals surface area contributed by atoms with E-state index in [0.29, 0.717) is 0 Å². The van der Waals surface area contributed by atoms with Crippen molar-refractivity contribution in [2.45, 2.75) is 20.3 Å². The summed E-state index contributed by atoms with van der Waals surface area (Å²) in [4.78, 5) is 0. The van der Waals surface area contributed by atoms with E-state index in [-0.39, 0.29) is 7.43 Å². The van der Waals surface area contributed by atoms with Crippen molar-refractivity contribution in [2.75, 3.05) is 0 Å². The van der Waals surface area contributed by atoms with Gasteiger partial charge in [-0.2, -0.15) is 0 Å². The average molecular weight is 438 g/mol. The summed E-state index contributed by atoms with van der Waals surface area (Å²) in [5.41, 5.74) is 12.0. The van der Waals surface area contributed by atoms with E-state index in [9.17, 15) is 0 Å². The van der Waals surface area contributed by atoms with Gasteiger partial charge in [-0.15, -0.1) is 0 Å². The van der Waals surface area contributed by atoms with Gasteiger partial charge in [0.25, 0.3) is 0 Å². The molecule has 134 valence electrons. The molecular weight excluding hydrogens is 416 g/mol. The summed E-state index contributed by atoms with van der Waals surface area (Å²) in [6, 6.07) is 31.8. The minimum absolute atomic E-state index is 0. The molecular formula is C27H22Zr. The molecule has 6 rings (SSSR count). The first kappa shape index (κ1) is 17.8. The molecule has 0 aliphatic heterocycles. The summed E-state index contributed by atoms with van der Waals surface area (Å²) in [5.74, 6) is 0. The maximum absolute atomic E-state index is 2.40. The van der Waals surface area contributed by atoms with Crippen LogP contribution in [0.4, 0.5) is 0 Å². The summed E-state index contributed by atoms with van der Waals surface area (Å²) in [7, 11) is 0. The summed E-state index contributed by atoms with van der Waals surface area (Å²) in [6.07, 6.45) is 2.22. The molecule has 0 spiro atoms. The number of fused-ring (bicyclic) bond motifs is 6. The fourth-order valence-electron chi connectivity index (χ4n) is 4.69. The van der Waals surface area contributed by atoms with E-state index in [0.717, 1.165) is 12.8 Å². The van der Waals surface area contributed by atoms with E-state index in [4.69, 9.17) is 0 Å². The van der Waals surface area contributed by atoms with Crippen LogP contribution >= 0.6 is 0 Å². The second-order valence-corrected chi connectivity index (χ2v) is 10.7. The molecule has 1 heteroatoms. The van der Waals surface area contributed by atoms with Gasteiger partial charge in [-0.1, -0.05) is 7.43 Å². The fourth-order valence-corrected chi connectivity index (χ4v) is 8.13. The summed E-state index contributed by atoms with van der Waals surface area (Å²) in [5, 5.41) is 0. The van der Waals surface area contributed by atoms with Crippen molar-refractivity contribution in [3.8, 4) is 22.3 Å².